The third-order valence-electron chi connectivity index (χ3n) is 3.65. The number of carbonyl (C=O) groups excluding carboxylic acids is 1. The summed E-state index contributed by atoms with van der Waals surface area (Å²) < 4.78 is 0. The fraction of sp³-hybridized carbons (Fsp3) is 0.400. The Kier molecular flexibility index (Phi) is 4.04. The van der Waals surface area contributed by atoms with Gasteiger partial charge < -0.3 is 10.4 Å². The molecule has 0 unspecified atom stereocenters. The molecule has 20 heavy (non-hydrogen) atoms. The van der Waals surface area contributed by atoms with E-state index in [0.29, 0.717) is 24.1 Å². The Morgan fingerprint density at radius 2 is 2.05 bits per heavy atom. The molecule has 1 aliphatic rings. The number of carboxylic acid groups (broad SMARTS) is 1. The first kappa shape index (κ1) is 14.1. The highest BCUT2D eigenvalue weighted by Gasteiger charge is 2.41. The summed E-state index contributed by atoms with van der Waals surface area (Å²) in [7, 11) is 0. The van der Waals surface area contributed by atoms with E-state index in [0.717, 1.165) is 12.8 Å². The Hall–Kier alpha value is -2.35. The Labute approximate surface area is 117 Å². The molecule has 5 nitrogen and oxygen atoms in total. The molecule has 104 valence electrons. The van der Waals surface area contributed by atoms with E-state index in [1.165, 1.54) is 0 Å². The highest BCUT2D eigenvalue weighted by Crippen LogP contribution is 2.38. The minimum atomic E-state index is -0.928. The number of hydrogen-bond donors (Lipinski definition) is 2. The van der Waals surface area contributed by atoms with E-state index in [-0.39, 0.29) is 12.3 Å². The zero-order valence-electron chi connectivity index (χ0n) is 11.1. The van der Waals surface area contributed by atoms with Gasteiger partial charge in [-0.2, -0.15) is 5.26 Å². The van der Waals surface area contributed by atoms with Gasteiger partial charge in [0.2, 0.25) is 5.91 Å². The molecule has 5 heteroatoms. The summed E-state index contributed by atoms with van der Waals surface area (Å²) in [6, 6.07) is 8.86. The molecule has 0 aliphatic heterocycles. The largest absolute Gasteiger partial charge is 0.481 e. The SMILES string of the molecule is N#CC1(C(=O)Nc2cccc(CC(=O)O)c2)CCCC1. The van der Waals surface area contributed by atoms with Gasteiger partial charge in [-0.15, -0.1) is 0 Å². The summed E-state index contributed by atoms with van der Waals surface area (Å²) in [4.78, 5) is 22.9. The van der Waals surface area contributed by atoms with E-state index in [2.05, 4.69) is 11.4 Å². The number of nitrogens with one attached hydrogen (secondary N) is 1. The van der Waals surface area contributed by atoms with Crippen molar-refractivity contribution in [2.75, 3.05) is 5.32 Å². The zero-order chi connectivity index (χ0) is 14.6. The average molecular weight is 272 g/mol. The van der Waals surface area contributed by atoms with Crippen molar-refractivity contribution >= 4 is 17.6 Å². The molecule has 0 spiro atoms. The van der Waals surface area contributed by atoms with Crippen molar-refractivity contribution in [2.45, 2.75) is 32.1 Å². The standard InChI is InChI=1S/C15H16N2O3/c16-10-15(6-1-2-7-15)14(20)17-12-5-3-4-11(8-12)9-13(18)19/h3-5,8H,1-2,6-7,9H2,(H,17,20)(H,18,19). The van der Waals surface area contributed by atoms with Gasteiger partial charge in [0.15, 0.2) is 0 Å². The molecule has 0 aromatic heterocycles. The number of anilines is 1. The van der Waals surface area contributed by atoms with Gasteiger partial charge in [-0.05, 0) is 30.5 Å². The lowest BCUT2D eigenvalue weighted by Gasteiger charge is -2.19. The van der Waals surface area contributed by atoms with Gasteiger partial charge in [0.25, 0.3) is 0 Å². The van der Waals surface area contributed by atoms with Crippen LogP contribution in [-0.2, 0) is 16.0 Å². The lowest BCUT2D eigenvalue weighted by molar-refractivity contribution is -0.136. The van der Waals surface area contributed by atoms with Gasteiger partial charge in [-0.25, -0.2) is 0 Å². The Morgan fingerprint density at radius 1 is 1.35 bits per heavy atom. The van der Waals surface area contributed by atoms with Crippen LogP contribution in [0, 0.1) is 16.7 Å². The van der Waals surface area contributed by atoms with Crippen molar-refractivity contribution < 1.29 is 14.7 Å². The third-order valence-corrected chi connectivity index (χ3v) is 3.65. The summed E-state index contributed by atoms with van der Waals surface area (Å²) >= 11 is 0. The van der Waals surface area contributed by atoms with Crippen LogP contribution in [0.4, 0.5) is 5.69 Å². The third kappa shape index (κ3) is 2.97. The molecule has 1 fully saturated rings. The Morgan fingerprint density at radius 3 is 2.65 bits per heavy atom. The number of aliphatic carboxylic acids is 1. The predicted octanol–water partition coefficient (Wildman–Crippen LogP) is 2.34. The van der Waals surface area contributed by atoms with Crippen molar-refractivity contribution in [3.8, 4) is 6.07 Å². The molecule has 2 rings (SSSR count). The highest BCUT2D eigenvalue weighted by molar-refractivity contribution is 5.97. The quantitative estimate of drug-likeness (QED) is 0.880. The van der Waals surface area contributed by atoms with Crippen molar-refractivity contribution in [1.29, 1.82) is 5.26 Å². The van der Waals surface area contributed by atoms with Gasteiger partial charge in [0, 0.05) is 5.69 Å². The molecule has 2 N–H and O–H groups in total. The van der Waals surface area contributed by atoms with Gasteiger partial charge >= 0.3 is 5.97 Å². The van der Waals surface area contributed by atoms with Crippen LogP contribution >= 0.6 is 0 Å². The van der Waals surface area contributed by atoms with E-state index in [4.69, 9.17) is 5.11 Å². The lowest BCUT2D eigenvalue weighted by atomic mass is 9.87. The number of benzene rings is 1. The van der Waals surface area contributed by atoms with E-state index in [1.54, 1.807) is 24.3 Å². The van der Waals surface area contributed by atoms with Gasteiger partial charge in [0.05, 0.1) is 12.5 Å². The molecular formula is C15H16N2O3. The Bertz CT molecular complexity index is 569. The second-order valence-electron chi connectivity index (χ2n) is 5.13. The topological polar surface area (TPSA) is 90.2 Å². The van der Waals surface area contributed by atoms with Crippen LogP contribution < -0.4 is 5.32 Å². The number of nitriles is 1. The zero-order valence-corrected chi connectivity index (χ0v) is 11.1. The first-order chi connectivity index (χ1) is 9.55. The van der Waals surface area contributed by atoms with Crippen molar-refractivity contribution in [1.82, 2.24) is 0 Å². The predicted molar refractivity (Wildman–Crippen MR) is 72.9 cm³/mol. The van der Waals surface area contributed by atoms with Crippen molar-refractivity contribution in [3.63, 3.8) is 0 Å². The van der Waals surface area contributed by atoms with Crippen molar-refractivity contribution in [3.05, 3.63) is 29.8 Å². The van der Waals surface area contributed by atoms with E-state index >= 15 is 0 Å². The van der Waals surface area contributed by atoms with E-state index in [9.17, 15) is 14.9 Å². The van der Waals surface area contributed by atoms with Crippen LogP contribution in [0.5, 0.6) is 0 Å². The highest BCUT2D eigenvalue weighted by atomic mass is 16.4. The van der Waals surface area contributed by atoms with E-state index in [1.807, 2.05) is 0 Å². The van der Waals surface area contributed by atoms with Gasteiger partial charge in [-0.3, -0.25) is 9.59 Å². The molecular weight excluding hydrogens is 256 g/mol. The number of amides is 1. The second kappa shape index (κ2) is 5.74. The van der Waals surface area contributed by atoms with Gasteiger partial charge in [-0.1, -0.05) is 25.0 Å². The molecule has 0 saturated heterocycles. The lowest BCUT2D eigenvalue weighted by Crippen LogP contribution is -2.32. The van der Waals surface area contributed by atoms with Gasteiger partial charge in [0.1, 0.15) is 5.41 Å². The molecule has 0 atom stereocenters. The number of carboxylic acids is 1. The second-order valence-corrected chi connectivity index (χ2v) is 5.13. The summed E-state index contributed by atoms with van der Waals surface area (Å²) in [6.45, 7) is 0. The minimum Gasteiger partial charge on any atom is -0.481 e. The Balaban J connectivity index is 2.12. The maximum absolute atomic E-state index is 12.3. The molecule has 1 amide bonds. The van der Waals surface area contributed by atoms with Crippen molar-refractivity contribution in [2.24, 2.45) is 5.41 Å². The molecule has 1 aromatic rings. The number of rotatable bonds is 4. The van der Waals surface area contributed by atoms with Crippen LogP contribution in [0.3, 0.4) is 0 Å². The first-order valence-corrected chi connectivity index (χ1v) is 6.59. The molecule has 0 bridgehead atoms. The normalized spacial score (nSPS) is 16.4. The summed E-state index contributed by atoms with van der Waals surface area (Å²) in [5.74, 6) is -1.21. The molecule has 0 heterocycles. The van der Waals surface area contributed by atoms with Crippen LogP contribution in [0.25, 0.3) is 0 Å². The maximum Gasteiger partial charge on any atom is 0.307 e. The summed E-state index contributed by atoms with van der Waals surface area (Å²) in [6.07, 6.45) is 2.86. The van der Waals surface area contributed by atoms with E-state index < -0.39 is 11.4 Å². The van der Waals surface area contributed by atoms with Crippen LogP contribution in [0.1, 0.15) is 31.2 Å². The molecule has 0 radical (unpaired) electrons. The fourth-order valence-corrected chi connectivity index (χ4v) is 2.55. The first-order valence-electron chi connectivity index (χ1n) is 6.59. The summed E-state index contributed by atoms with van der Waals surface area (Å²) in [5.41, 5.74) is 0.228. The fourth-order valence-electron chi connectivity index (χ4n) is 2.55. The summed E-state index contributed by atoms with van der Waals surface area (Å²) in [5, 5.41) is 20.7. The number of hydrogen-bond acceptors (Lipinski definition) is 3. The number of carbonyl (C=O) groups is 2. The smallest absolute Gasteiger partial charge is 0.307 e. The van der Waals surface area contributed by atoms with Crippen LogP contribution in [0.15, 0.2) is 24.3 Å². The van der Waals surface area contributed by atoms with Crippen LogP contribution in [-0.4, -0.2) is 17.0 Å². The maximum atomic E-state index is 12.3. The molecule has 1 aromatic carbocycles. The average Bonchev–Trinajstić information content (AvgIpc) is 2.88. The van der Waals surface area contributed by atoms with Crippen LogP contribution in [0.2, 0.25) is 0 Å². The monoisotopic (exact) mass is 272 g/mol. The number of nitrogens with zero attached hydrogens (tertiary/aromatic N) is 1. The minimum absolute atomic E-state index is 0.0902. The molecule has 1 aliphatic carbocycles. The molecule has 1 saturated carbocycles.